The Morgan fingerprint density at radius 1 is 1.03 bits per heavy atom. The standard InChI is InChI=1S/C23H37N5O3.HI/c1-24-23(28-11-9-21(10-12-28)31-18-6-17-30-2)25-19-22(29)27-15-13-26(14-16-27)20-7-4-3-5-8-20;/h3-5,7-8,21H,6,9-19H2,1-2H3,(H,24,25);1H. The van der Waals surface area contributed by atoms with Crippen molar-refractivity contribution >= 4 is 41.5 Å². The number of carbonyl (C=O) groups excluding carboxylic acids is 1. The number of amides is 1. The molecule has 1 amide bonds. The first-order valence-corrected chi connectivity index (χ1v) is 11.3. The van der Waals surface area contributed by atoms with Gasteiger partial charge < -0.3 is 29.5 Å². The van der Waals surface area contributed by atoms with Gasteiger partial charge in [0, 0.05) is 72.3 Å². The van der Waals surface area contributed by atoms with Crippen molar-refractivity contribution in [3.8, 4) is 0 Å². The molecule has 2 aliphatic rings. The van der Waals surface area contributed by atoms with Gasteiger partial charge in [-0.3, -0.25) is 9.79 Å². The molecule has 3 rings (SSSR count). The molecule has 0 aromatic heterocycles. The third kappa shape index (κ3) is 8.08. The highest BCUT2D eigenvalue weighted by molar-refractivity contribution is 14.0. The summed E-state index contributed by atoms with van der Waals surface area (Å²) in [5.74, 6) is 0.930. The second kappa shape index (κ2) is 14.5. The predicted molar refractivity (Wildman–Crippen MR) is 139 cm³/mol. The maximum Gasteiger partial charge on any atom is 0.242 e. The van der Waals surface area contributed by atoms with Crippen molar-refractivity contribution in [1.82, 2.24) is 15.1 Å². The van der Waals surface area contributed by atoms with Crippen molar-refractivity contribution < 1.29 is 14.3 Å². The van der Waals surface area contributed by atoms with Gasteiger partial charge in [0.15, 0.2) is 5.96 Å². The summed E-state index contributed by atoms with van der Waals surface area (Å²) in [5.41, 5.74) is 1.22. The number of ether oxygens (including phenoxy) is 2. The van der Waals surface area contributed by atoms with Gasteiger partial charge in [-0.1, -0.05) is 18.2 Å². The van der Waals surface area contributed by atoms with Crippen molar-refractivity contribution in [3.63, 3.8) is 0 Å². The third-order valence-electron chi connectivity index (χ3n) is 5.95. The predicted octanol–water partition coefficient (Wildman–Crippen LogP) is 2.05. The molecule has 2 saturated heterocycles. The Hall–Kier alpha value is -1.59. The van der Waals surface area contributed by atoms with Gasteiger partial charge in [-0.15, -0.1) is 24.0 Å². The number of para-hydroxylation sites is 1. The third-order valence-corrected chi connectivity index (χ3v) is 5.95. The summed E-state index contributed by atoms with van der Waals surface area (Å²) < 4.78 is 11.0. The molecule has 0 unspecified atom stereocenters. The van der Waals surface area contributed by atoms with E-state index in [1.807, 2.05) is 11.0 Å². The van der Waals surface area contributed by atoms with E-state index in [-0.39, 0.29) is 36.4 Å². The number of benzene rings is 1. The van der Waals surface area contributed by atoms with E-state index in [1.165, 1.54) is 5.69 Å². The maximum atomic E-state index is 12.7. The molecule has 2 aliphatic heterocycles. The van der Waals surface area contributed by atoms with E-state index in [4.69, 9.17) is 9.47 Å². The quantitative estimate of drug-likeness (QED) is 0.228. The zero-order valence-electron chi connectivity index (χ0n) is 19.4. The molecule has 8 nitrogen and oxygen atoms in total. The summed E-state index contributed by atoms with van der Waals surface area (Å²) in [6, 6.07) is 10.4. The minimum absolute atomic E-state index is 0. The molecule has 0 radical (unpaired) electrons. The van der Waals surface area contributed by atoms with Crippen molar-refractivity contribution in [2.24, 2.45) is 4.99 Å². The average Bonchev–Trinajstić information content (AvgIpc) is 2.83. The average molecular weight is 559 g/mol. The van der Waals surface area contributed by atoms with Crippen LogP contribution in [0.25, 0.3) is 0 Å². The fourth-order valence-electron chi connectivity index (χ4n) is 4.14. The monoisotopic (exact) mass is 559 g/mol. The van der Waals surface area contributed by atoms with E-state index < -0.39 is 0 Å². The van der Waals surface area contributed by atoms with Crippen LogP contribution in [0.5, 0.6) is 0 Å². The number of guanidine groups is 1. The van der Waals surface area contributed by atoms with Crippen molar-refractivity contribution in [2.45, 2.75) is 25.4 Å². The molecule has 0 spiro atoms. The SMILES string of the molecule is CN=C(NCC(=O)N1CCN(c2ccccc2)CC1)N1CCC(OCCCOC)CC1.I. The molecule has 0 saturated carbocycles. The number of nitrogens with zero attached hydrogens (tertiary/aromatic N) is 4. The Balaban J connectivity index is 0.00000363. The van der Waals surface area contributed by atoms with Crippen LogP contribution >= 0.6 is 24.0 Å². The highest BCUT2D eigenvalue weighted by Crippen LogP contribution is 2.16. The van der Waals surface area contributed by atoms with E-state index in [0.29, 0.717) is 6.10 Å². The molecule has 32 heavy (non-hydrogen) atoms. The molecule has 9 heteroatoms. The fourth-order valence-corrected chi connectivity index (χ4v) is 4.14. The number of methoxy groups -OCH3 is 1. The van der Waals surface area contributed by atoms with Gasteiger partial charge >= 0.3 is 0 Å². The summed E-state index contributed by atoms with van der Waals surface area (Å²) in [4.78, 5) is 23.6. The van der Waals surface area contributed by atoms with E-state index in [1.54, 1.807) is 14.2 Å². The van der Waals surface area contributed by atoms with Gasteiger partial charge in [0.05, 0.1) is 12.6 Å². The van der Waals surface area contributed by atoms with Crippen LogP contribution in [0.15, 0.2) is 35.3 Å². The molecule has 2 heterocycles. The number of aliphatic imine (C=N–C) groups is 1. The van der Waals surface area contributed by atoms with E-state index in [9.17, 15) is 4.79 Å². The van der Waals surface area contributed by atoms with Gasteiger partial charge in [-0.05, 0) is 31.4 Å². The summed E-state index contributed by atoms with van der Waals surface area (Å²) in [5, 5.41) is 3.27. The second-order valence-corrected chi connectivity index (χ2v) is 8.01. The lowest BCUT2D eigenvalue weighted by atomic mass is 10.1. The number of halogens is 1. The highest BCUT2D eigenvalue weighted by atomic mass is 127. The van der Waals surface area contributed by atoms with Gasteiger partial charge in [-0.2, -0.15) is 0 Å². The fraction of sp³-hybridized carbons (Fsp3) is 0.652. The molecule has 1 N–H and O–H groups in total. The number of piperazine rings is 1. The molecular formula is C23H38IN5O3. The Morgan fingerprint density at radius 2 is 1.72 bits per heavy atom. The molecule has 0 bridgehead atoms. The number of carbonyl (C=O) groups is 1. The largest absolute Gasteiger partial charge is 0.385 e. The topological polar surface area (TPSA) is 69.6 Å². The van der Waals surface area contributed by atoms with Crippen LogP contribution in [-0.2, 0) is 14.3 Å². The number of hydrogen-bond donors (Lipinski definition) is 1. The summed E-state index contributed by atoms with van der Waals surface area (Å²) in [6.07, 6.45) is 3.18. The molecule has 0 aliphatic carbocycles. The van der Waals surface area contributed by atoms with Crippen LogP contribution in [0.3, 0.4) is 0 Å². The zero-order valence-corrected chi connectivity index (χ0v) is 21.7. The number of hydrogen-bond acceptors (Lipinski definition) is 5. The first-order valence-electron chi connectivity index (χ1n) is 11.3. The van der Waals surface area contributed by atoms with Gasteiger partial charge in [0.25, 0.3) is 0 Å². The Morgan fingerprint density at radius 3 is 2.34 bits per heavy atom. The Bertz CT molecular complexity index is 690. The lowest BCUT2D eigenvalue weighted by Gasteiger charge is -2.37. The minimum atomic E-state index is 0. The number of likely N-dealkylation sites (tertiary alicyclic amines) is 1. The molecule has 180 valence electrons. The molecule has 1 aromatic rings. The summed E-state index contributed by atoms with van der Waals surface area (Å²) >= 11 is 0. The van der Waals surface area contributed by atoms with Crippen LogP contribution in [0.2, 0.25) is 0 Å². The van der Waals surface area contributed by atoms with Crippen LogP contribution < -0.4 is 10.2 Å². The number of piperidine rings is 1. The maximum absolute atomic E-state index is 12.7. The molecule has 1 aromatic carbocycles. The van der Waals surface area contributed by atoms with Crippen LogP contribution in [0.1, 0.15) is 19.3 Å². The Kier molecular flexibility index (Phi) is 12.1. The van der Waals surface area contributed by atoms with Crippen molar-refractivity contribution in [2.75, 3.05) is 78.1 Å². The van der Waals surface area contributed by atoms with Gasteiger partial charge in [-0.25, -0.2) is 0 Å². The van der Waals surface area contributed by atoms with Gasteiger partial charge in [0.1, 0.15) is 0 Å². The van der Waals surface area contributed by atoms with Crippen molar-refractivity contribution in [1.29, 1.82) is 0 Å². The zero-order chi connectivity index (χ0) is 21.9. The molecular weight excluding hydrogens is 521 g/mol. The van der Waals surface area contributed by atoms with E-state index >= 15 is 0 Å². The summed E-state index contributed by atoms with van der Waals surface area (Å²) in [6.45, 7) is 6.77. The van der Waals surface area contributed by atoms with E-state index in [2.05, 4.69) is 44.4 Å². The summed E-state index contributed by atoms with van der Waals surface area (Å²) in [7, 11) is 3.49. The number of nitrogens with one attached hydrogen (secondary N) is 1. The van der Waals surface area contributed by atoms with Crippen LogP contribution in [0.4, 0.5) is 5.69 Å². The Labute approximate surface area is 209 Å². The molecule has 2 fully saturated rings. The highest BCUT2D eigenvalue weighted by Gasteiger charge is 2.24. The number of anilines is 1. The van der Waals surface area contributed by atoms with E-state index in [0.717, 1.165) is 77.7 Å². The number of rotatable bonds is 8. The van der Waals surface area contributed by atoms with Crippen molar-refractivity contribution in [3.05, 3.63) is 30.3 Å². The first kappa shape index (κ1) is 26.7. The first-order chi connectivity index (χ1) is 15.2. The second-order valence-electron chi connectivity index (χ2n) is 8.01. The smallest absolute Gasteiger partial charge is 0.242 e. The van der Waals surface area contributed by atoms with Crippen LogP contribution in [0, 0.1) is 0 Å². The normalized spacial score (nSPS) is 17.8. The minimum Gasteiger partial charge on any atom is -0.385 e. The molecule has 0 atom stereocenters. The lowest BCUT2D eigenvalue weighted by molar-refractivity contribution is -0.130. The van der Waals surface area contributed by atoms with Gasteiger partial charge in [0.2, 0.25) is 5.91 Å². The van der Waals surface area contributed by atoms with Crippen LogP contribution in [-0.4, -0.2) is 101 Å². The lowest BCUT2D eigenvalue weighted by Crippen LogP contribution is -2.53.